The molecule has 4 unspecified atom stereocenters. The van der Waals surface area contributed by atoms with E-state index in [2.05, 4.69) is 0 Å². The van der Waals surface area contributed by atoms with Crippen molar-refractivity contribution in [2.45, 2.75) is 44.9 Å². The van der Waals surface area contributed by atoms with Crippen LogP contribution in [0.1, 0.15) is 44.9 Å². The zero-order valence-electron chi connectivity index (χ0n) is 8.17. The van der Waals surface area contributed by atoms with Gasteiger partial charge in [-0.25, -0.2) is 0 Å². The van der Waals surface area contributed by atoms with Crippen LogP contribution in [0.25, 0.3) is 0 Å². The monoisotopic (exact) mass is 178 g/mol. The summed E-state index contributed by atoms with van der Waals surface area (Å²) in [6, 6.07) is 0. The van der Waals surface area contributed by atoms with Gasteiger partial charge in [0.15, 0.2) is 0 Å². The van der Waals surface area contributed by atoms with Crippen LogP contribution in [-0.2, 0) is 4.79 Å². The zero-order chi connectivity index (χ0) is 8.89. The van der Waals surface area contributed by atoms with Crippen molar-refractivity contribution in [3.8, 4) is 0 Å². The highest BCUT2D eigenvalue weighted by atomic mass is 16.1. The number of aldehydes is 1. The maximum absolute atomic E-state index is 11.3. The smallest absolute Gasteiger partial charge is 0.126 e. The summed E-state index contributed by atoms with van der Waals surface area (Å²) >= 11 is 0. The molecule has 0 aromatic carbocycles. The molecule has 4 fully saturated rings. The molecule has 0 saturated heterocycles. The number of carbonyl (C=O) groups is 1. The first kappa shape index (κ1) is 8.02. The lowest BCUT2D eigenvalue weighted by Crippen LogP contribution is -2.50. The molecule has 4 saturated carbocycles. The molecule has 4 atom stereocenters. The molecule has 1 nitrogen and oxygen atoms in total. The van der Waals surface area contributed by atoms with Crippen LogP contribution < -0.4 is 0 Å². The third-order valence-electron chi connectivity index (χ3n) is 4.95. The van der Waals surface area contributed by atoms with E-state index in [4.69, 9.17) is 0 Å². The van der Waals surface area contributed by atoms with Gasteiger partial charge in [-0.2, -0.15) is 0 Å². The van der Waals surface area contributed by atoms with E-state index in [9.17, 15) is 4.79 Å². The largest absolute Gasteiger partial charge is 0.303 e. The van der Waals surface area contributed by atoms with Crippen LogP contribution >= 0.6 is 0 Å². The van der Waals surface area contributed by atoms with Crippen LogP contribution in [0.5, 0.6) is 0 Å². The highest BCUT2D eigenvalue weighted by Crippen LogP contribution is 2.60. The molecule has 0 spiro atoms. The molecule has 0 aromatic heterocycles. The van der Waals surface area contributed by atoms with Crippen LogP contribution in [0.15, 0.2) is 0 Å². The van der Waals surface area contributed by atoms with Crippen LogP contribution in [0.3, 0.4) is 0 Å². The number of rotatable bonds is 1. The number of hydrogen-bond acceptors (Lipinski definition) is 1. The predicted octanol–water partition coefficient (Wildman–Crippen LogP) is 2.79. The fourth-order valence-electron chi connectivity index (χ4n) is 4.49. The van der Waals surface area contributed by atoms with Crippen LogP contribution in [0, 0.1) is 23.2 Å². The molecule has 13 heavy (non-hydrogen) atoms. The number of fused-ring (bicyclic) bond motifs is 1. The molecular weight excluding hydrogens is 160 g/mol. The second-order valence-electron chi connectivity index (χ2n) is 5.49. The van der Waals surface area contributed by atoms with Crippen molar-refractivity contribution in [3.63, 3.8) is 0 Å². The first-order valence-electron chi connectivity index (χ1n) is 5.80. The van der Waals surface area contributed by atoms with Gasteiger partial charge in [-0.05, 0) is 43.4 Å². The van der Waals surface area contributed by atoms with Gasteiger partial charge in [-0.1, -0.05) is 19.3 Å². The molecule has 0 N–H and O–H groups in total. The summed E-state index contributed by atoms with van der Waals surface area (Å²) in [7, 11) is 0. The predicted molar refractivity (Wildman–Crippen MR) is 51.3 cm³/mol. The van der Waals surface area contributed by atoms with Gasteiger partial charge in [0.2, 0.25) is 0 Å². The summed E-state index contributed by atoms with van der Waals surface area (Å²) in [5.41, 5.74) is 0.157. The molecule has 0 radical (unpaired) electrons. The molecule has 0 aliphatic heterocycles. The molecule has 4 bridgehead atoms. The highest BCUT2D eigenvalue weighted by Gasteiger charge is 2.53. The van der Waals surface area contributed by atoms with E-state index in [0.29, 0.717) is 0 Å². The van der Waals surface area contributed by atoms with Gasteiger partial charge in [0.25, 0.3) is 0 Å². The third kappa shape index (κ3) is 0.963. The van der Waals surface area contributed by atoms with Gasteiger partial charge < -0.3 is 4.79 Å². The minimum Gasteiger partial charge on any atom is -0.303 e. The Bertz CT molecular complexity index is 235. The second kappa shape index (κ2) is 2.59. The van der Waals surface area contributed by atoms with Crippen molar-refractivity contribution in [2.75, 3.05) is 0 Å². The van der Waals surface area contributed by atoms with E-state index < -0.39 is 0 Å². The summed E-state index contributed by atoms with van der Waals surface area (Å²) in [6.45, 7) is 0. The van der Waals surface area contributed by atoms with Crippen LogP contribution in [-0.4, -0.2) is 6.29 Å². The summed E-state index contributed by atoms with van der Waals surface area (Å²) in [6.07, 6.45) is 10.7. The van der Waals surface area contributed by atoms with E-state index in [0.717, 1.165) is 17.8 Å². The first-order chi connectivity index (χ1) is 6.34. The minimum absolute atomic E-state index is 0.157. The van der Waals surface area contributed by atoms with Crippen molar-refractivity contribution in [1.82, 2.24) is 0 Å². The van der Waals surface area contributed by atoms with Gasteiger partial charge in [0, 0.05) is 5.41 Å². The van der Waals surface area contributed by atoms with Crippen LogP contribution in [0.4, 0.5) is 0 Å². The van der Waals surface area contributed by atoms with Crippen LogP contribution in [0.2, 0.25) is 0 Å². The molecule has 0 aromatic rings. The number of carbonyl (C=O) groups excluding carboxylic acids is 1. The van der Waals surface area contributed by atoms with Crippen molar-refractivity contribution < 1.29 is 4.79 Å². The summed E-state index contributed by atoms with van der Waals surface area (Å²) in [4.78, 5) is 11.3. The Labute approximate surface area is 79.9 Å². The molecule has 0 amide bonds. The first-order valence-corrected chi connectivity index (χ1v) is 5.80. The van der Waals surface area contributed by atoms with Crippen molar-refractivity contribution in [2.24, 2.45) is 23.2 Å². The van der Waals surface area contributed by atoms with E-state index in [1.807, 2.05) is 0 Å². The fourth-order valence-corrected chi connectivity index (χ4v) is 4.49. The fraction of sp³-hybridized carbons (Fsp3) is 0.917. The second-order valence-corrected chi connectivity index (χ2v) is 5.49. The maximum atomic E-state index is 11.3. The summed E-state index contributed by atoms with van der Waals surface area (Å²) in [5, 5.41) is 0. The van der Waals surface area contributed by atoms with Crippen molar-refractivity contribution in [3.05, 3.63) is 0 Å². The van der Waals surface area contributed by atoms with E-state index in [1.54, 1.807) is 0 Å². The van der Waals surface area contributed by atoms with Gasteiger partial charge in [0.1, 0.15) is 6.29 Å². The molecule has 72 valence electrons. The summed E-state index contributed by atoms with van der Waals surface area (Å²) in [5.74, 6) is 2.61. The lowest BCUT2D eigenvalue weighted by atomic mass is 9.48. The average molecular weight is 178 g/mol. The number of hydrogen-bond donors (Lipinski definition) is 0. The van der Waals surface area contributed by atoms with E-state index >= 15 is 0 Å². The normalized spacial score (nSPS) is 53.4. The van der Waals surface area contributed by atoms with Gasteiger partial charge in [-0.3, -0.25) is 0 Å². The SMILES string of the molecule is O=CC12CCCC3CC(CCC31)C2. The topological polar surface area (TPSA) is 17.1 Å². The Morgan fingerprint density at radius 2 is 2.15 bits per heavy atom. The van der Waals surface area contributed by atoms with Crippen molar-refractivity contribution in [1.29, 1.82) is 0 Å². The van der Waals surface area contributed by atoms with Gasteiger partial charge >= 0.3 is 0 Å². The Balaban J connectivity index is 1.97. The average Bonchev–Trinajstić information content (AvgIpc) is 2.18. The van der Waals surface area contributed by atoms with Crippen molar-refractivity contribution >= 4 is 6.29 Å². The lowest BCUT2D eigenvalue weighted by Gasteiger charge is -2.56. The Kier molecular flexibility index (Phi) is 1.59. The molecule has 0 heterocycles. The Morgan fingerprint density at radius 3 is 2.85 bits per heavy atom. The quantitative estimate of drug-likeness (QED) is 0.564. The molecular formula is C12H18O. The molecule has 4 aliphatic rings. The third-order valence-corrected chi connectivity index (χ3v) is 4.95. The van der Waals surface area contributed by atoms with E-state index in [1.165, 1.54) is 51.2 Å². The van der Waals surface area contributed by atoms with Gasteiger partial charge in [0.05, 0.1) is 0 Å². The molecule has 4 rings (SSSR count). The molecule has 1 heteroatoms. The molecule has 4 aliphatic carbocycles. The maximum Gasteiger partial charge on any atom is 0.126 e. The lowest BCUT2D eigenvalue weighted by molar-refractivity contribution is -0.137. The summed E-state index contributed by atoms with van der Waals surface area (Å²) < 4.78 is 0. The van der Waals surface area contributed by atoms with Gasteiger partial charge in [-0.15, -0.1) is 0 Å². The highest BCUT2D eigenvalue weighted by molar-refractivity contribution is 5.61. The zero-order valence-corrected chi connectivity index (χ0v) is 8.17. The Hall–Kier alpha value is -0.330. The standard InChI is InChI=1S/C12H18O/c13-8-12-5-1-2-10-6-9(7-12)3-4-11(10)12/h8-11H,1-7H2. The van der Waals surface area contributed by atoms with E-state index in [-0.39, 0.29) is 5.41 Å². The Morgan fingerprint density at radius 1 is 1.23 bits per heavy atom. The minimum atomic E-state index is 0.157.